The summed E-state index contributed by atoms with van der Waals surface area (Å²) in [7, 11) is 0. The van der Waals surface area contributed by atoms with Gasteiger partial charge < -0.3 is 10.6 Å². The molecule has 0 radical (unpaired) electrons. The van der Waals surface area contributed by atoms with Crippen LogP contribution in [0.25, 0.3) is 16.7 Å². The van der Waals surface area contributed by atoms with E-state index >= 15 is 0 Å². The SMILES string of the molecule is Nc1nc2ccccc2n1-c1ccc(N2CCCC2)cc1. The molecule has 4 heteroatoms. The molecule has 0 aliphatic carbocycles. The maximum absolute atomic E-state index is 6.09. The maximum atomic E-state index is 6.09. The van der Waals surface area contributed by atoms with Gasteiger partial charge in [-0.2, -0.15) is 0 Å². The number of imidazole rings is 1. The lowest BCUT2D eigenvalue weighted by molar-refractivity contribution is 0.949. The van der Waals surface area contributed by atoms with Crippen molar-refractivity contribution in [3.63, 3.8) is 0 Å². The largest absolute Gasteiger partial charge is 0.372 e. The van der Waals surface area contributed by atoms with Gasteiger partial charge in [-0.05, 0) is 49.2 Å². The summed E-state index contributed by atoms with van der Waals surface area (Å²) in [6.07, 6.45) is 2.59. The van der Waals surface area contributed by atoms with Crippen LogP contribution in [0.1, 0.15) is 12.8 Å². The van der Waals surface area contributed by atoms with Gasteiger partial charge in [-0.25, -0.2) is 4.98 Å². The number of nitrogen functional groups attached to an aromatic ring is 1. The highest BCUT2D eigenvalue weighted by atomic mass is 15.2. The van der Waals surface area contributed by atoms with Crippen LogP contribution in [0.2, 0.25) is 0 Å². The summed E-state index contributed by atoms with van der Waals surface area (Å²) in [4.78, 5) is 6.85. The zero-order valence-corrected chi connectivity index (χ0v) is 11.9. The van der Waals surface area contributed by atoms with Crippen LogP contribution in [-0.2, 0) is 0 Å². The molecule has 0 amide bonds. The van der Waals surface area contributed by atoms with E-state index in [0.29, 0.717) is 5.95 Å². The number of para-hydroxylation sites is 2. The third-order valence-corrected chi connectivity index (χ3v) is 4.17. The minimum absolute atomic E-state index is 0.533. The maximum Gasteiger partial charge on any atom is 0.205 e. The molecule has 1 aliphatic heterocycles. The van der Waals surface area contributed by atoms with Gasteiger partial charge in [0.1, 0.15) is 0 Å². The minimum atomic E-state index is 0.533. The quantitative estimate of drug-likeness (QED) is 0.783. The fraction of sp³-hybridized carbons (Fsp3) is 0.235. The molecule has 1 saturated heterocycles. The van der Waals surface area contributed by atoms with Crippen molar-refractivity contribution in [2.45, 2.75) is 12.8 Å². The number of anilines is 2. The number of benzene rings is 2. The van der Waals surface area contributed by atoms with Crippen LogP contribution in [0.5, 0.6) is 0 Å². The van der Waals surface area contributed by atoms with Gasteiger partial charge >= 0.3 is 0 Å². The molecular weight excluding hydrogens is 260 g/mol. The predicted molar refractivity (Wildman–Crippen MR) is 86.9 cm³/mol. The molecule has 0 bridgehead atoms. The van der Waals surface area contributed by atoms with E-state index in [1.807, 2.05) is 28.8 Å². The Labute approximate surface area is 123 Å². The molecule has 21 heavy (non-hydrogen) atoms. The van der Waals surface area contributed by atoms with E-state index in [2.05, 4.69) is 34.1 Å². The molecule has 0 unspecified atom stereocenters. The number of rotatable bonds is 2. The zero-order chi connectivity index (χ0) is 14.2. The van der Waals surface area contributed by atoms with Gasteiger partial charge in [0.2, 0.25) is 5.95 Å². The summed E-state index contributed by atoms with van der Waals surface area (Å²) < 4.78 is 2.00. The first kappa shape index (κ1) is 12.3. The fourth-order valence-electron chi connectivity index (χ4n) is 3.10. The second kappa shape index (κ2) is 4.81. The Kier molecular flexibility index (Phi) is 2.81. The van der Waals surface area contributed by atoms with Gasteiger partial charge in [0.15, 0.2) is 0 Å². The van der Waals surface area contributed by atoms with Crippen molar-refractivity contribution in [3.05, 3.63) is 48.5 Å². The molecule has 1 aromatic heterocycles. The average Bonchev–Trinajstić information content (AvgIpc) is 3.14. The van der Waals surface area contributed by atoms with Crippen LogP contribution in [0.4, 0.5) is 11.6 Å². The van der Waals surface area contributed by atoms with Gasteiger partial charge in [-0.15, -0.1) is 0 Å². The lowest BCUT2D eigenvalue weighted by Gasteiger charge is -2.18. The number of nitrogens with two attached hydrogens (primary N) is 1. The van der Waals surface area contributed by atoms with E-state index in [1.54, 1.807) is 0 Å². The average molecular weight is 278 g/mol. The molecule has 0 atom stereocenters. The number of hydrogen-bond donors (Lipinski definition) is 1. The summed E-state index contributed by atoms with van der Waals surface area (Å²) in [6, 6.07) is 16.6. The zero-order valence-electron chi connectivity index (χ0n) is 11.9. The molecule has 2 aromatic carbocycles. The van der Waals surface area contributed by atoms with Gasteiger partial charge in [0, 0.05) is 24.5 Å². The van der Waals surface area contributed by atoms with Crippen LogP contribution in [-0.4, -0.2) is 22.6 Å². The van der Waals surface area contributed by atoms with Crippen molar-refractivity contribution in [1.82, 2.24) is 9.55 Å². The fourth-order valence-corrected chi connectivity index (χ4v) is 3.10. The summed E-state index contributed by atoms with van der Waals surface area (Å²) >= 11 is 0. The first-order valence-corrected chi connectivity index (χ1v) is 7.41. The highest BCUT2D eigenvalue weighted by Crippen LogP contribution is 2.26. The molecule has 106 valence electrons. The van der Waals surface area contributed by atoms with E-state index in [9.17, 15) is 0 Å². The summed E-state index contributed by atoms with van der Waals surface area (Å²) in [5.41, 5.74) is 10.4. The number of hydrogen-bond acceptors (Lipinski definition) is 3. The molecule has 1 aliphatic rings. The number of aromatic nitrogens is 2. The second-order valence-corrected chi connectivity index (χ2v) is 5.50. The van der Waals surface area contributed by atoms with Crippen LogP contribution in [0.3, 0.4) is 0 Å². The van der Waals surface area contributed by atoms with E-state index in [-0.39, 0.29) is 0 Å². The van der Waals surface area contributed by atoms with Crippen molar-refractivity contribution in [3.8, 4) is 5.69 Å². The monoisotopic (exact) mass is 278 g/mol. The van der Waals surface area contributed by atoms with Crippen molar-refractivity contribution >= 4 is 22.7 Å². The van der Waals surface area contributed by atoms with Crippen molar-refractivity contribution in [1.29, 1.82) is 0 Å². The molecule has 4 nitrogen and oxygen atoms in total. The Morgan fingerprint density at radius 2 is 1.52 bits per heavy atom. The lowest BCUT2D eigenvalue weighted by atomic mass is 10.2. The van der Waals surface area contributed by atoms with E-state index < -0.39 is 0 Å². The lowest BCUT2D eigenvalue weighted by Crippen LogP contribution is -2.17. The van der Waals surface area contributed by atoms with Crippen LogP contribution in [0, 0.1) is 0 Å². The first-order valence-electron chi connectivity index (χ1n) is 7.41. The molecular formula is C17H18N4. The third-order valence-electron chi connectivity index (χ3n) is 4.17. The Balaban J connectivity index is 1.76. The third kappa shape index (κ3) is 2.03. The van der Waals surface area contributed by atoms with Crippen LogP contribution in [0.15, 0.2) is 48.5 Å². The number of fused-ring (bicyclic) bond motifs is 1. The van der Waals surface area contributed by atoms with Gasteiger partial charge in [-0.1, -0.05) is 12.1 Å². The molecule has 0 spiro atoms. The van der Waals surface area contributed by atoms with Crippen molar-refractivity contribution < 1.29 is 0 Å². The minimum Gasteiger partial charge on any atom is -0.372 e. The van der Waals surface area contributed by atoms with Gasteiger partial charge in [0.25, 0.3) is 0 Å². The standard InChI is InChI=1S/C17H18N4/c18-17-19-15-5-1-2-6-16(15)21(17)14-9-7-13(8-10-14)20-11-3-4-12-20/h1-2,5-10H,3-4,11-12H2,(H2,18,19). The molecule has 0 saturated carbocycles. The summed E-state index contributed by atoms with van der Waals surface area (Å²) in [5, 5.41) is 0. The Bertz CT molecular complexity index is 767. The first-order chi connectivity index (χ1) is 10.3. The highest BCUT2D eigenvalue weighted by molar-refractivity contribution is 5.80. The Morgan fingerprint density at radius 3 is 2.29 bits per heavy atom. The molecule has 2 N–H and O–H groups in total. The second-order valence-electron chi connectivity index (χ2n) is 5.50. The summed E-state index contributed by atoms with van der Waals surface area (Å²) in [5.74, 6) is 0.533. The topological polar surface area (TPSA) is 47.1 Å². The van der Waals surface area contributed by atoms with Crippen molar-refractivity contribution in [2.24, 2.45) is 0 Å². The molecule has 1 fully saturated rings. The van der Waals surface area contributed by atoms with Crippen LogP contribution >= 0.6 is 0 Å². The molecule has 3 aromatic rings. The Morgan fingerprint density at radius 1 is 0.857 bits per heavy atom. The predicted octanol–water partition coefficient (Wildman–Crippen LogP) is 3.21. The molecule has 2 heterocycles. The van der Waals surface area contributed by atoms with Gasteiger partial charge in [0.05, 0.1) is 11.0 Å². The number of nitrogens with zero attached hydrogens (tertiary/aromatic N) is 3. The highest BCUT2D eigenvalue weighted by Gasteiger charge is 2.13. The van der Waals surface area contributed by atoms with E-state index in [1.165, 1.54) is 18.5 Å². The van der Waals surface area contributed by atoms with Crippen molar-refractivity contribution in [2.75, 3.05) is 23.7 Å². The van der Waals surface area contributed by atoms with E-state index in [0.717, 1.165) is 29.8 Å². The molecule has 4 rings (SSSR count). The van der Waals surface area contributed by atoms with Crippen LogP contribution < -0.4 is 10.6 Å². The van der Waals surface area contributed by atoms with E-state index in [4.69, 9.17) is 5.73 Å². The Hall–Kier alpha value is -2.49. The van der Waals surface area contributed by atoms with Gasteiger partial charge in [-0.3, -0.25) is 4.57 Å². The smallest absolute Gasteiger partial charge is 0.205 e. The summed E-state index contributed by atoms with van der Waals surface area (Å²) in [6.45, 7) is 2.32. The normalized spacial score (nSPS) is 15.0.